The van der Waals surface area contributed by atoms with Gasteiger partial charge < -0.3 is 15.3 Å². The summed E-state index contributed by atoms with van der Waals surface area (Å²) in [5.41, 5.74) is -0.0502. The van der Waals surface area contributed by atoms with E-state index in [9.17, 15) is 15.2 Å². The van der Waals surface area contributed by atoms with E-state index in [4.69, 9.17) is 0 Å². The molecule has 1 unspecified atom stereocenters. The number of hydrogen-bond donors (Lipinski definition) is 2. The molecular weight excluding hydrogens is 328 g/mol. The highest BCUT2D eigenvalue weighted by Gasteiger charge is 2.25. The lowest BCUT2D eigenvalue weighted by Gasteiger charge is -2.25. The van der Waals surface area contributed by atoms with Crippen LogP contribution in [0, 0.1) is 10.1 Å². The maximum Gasteiger partial charge on any atom is 0.312 e. The normalized spacial score (nSPS) is 18.2. The van der Waals surface area contributed by atoms with Crippen LogP contribution in [0.15, 0.2) is 16.7 Å². The van der Waals surface area contributed by atoms with Crippen molar-refractivity contribution in [3.05, 3.63) is 26.9 Å². The first kappa shape index (κ1) is 15.1. The van der Waals surface area contributed by atoms with Crippen LogP contribution in [0.5, 0.6) is 0 Å². The van der Waals surface area contributed by atoms with Crippen molar-refractivity contribution in [2.24, 2.45) is 0 Å². The average molecular weight is 345 g/mol. The first-order valence-corrected chi connectivity index (χ1v) is 7.30. The predicted molar refractivity (Wildman–Crippen MR) is 78.9 cm³/mol. The molecule has 0 spiro atoms. The zero-order chi connectivity index (χ0) is 14.5. The van der Waals surface area contributed by atoms with Crippen molar-refractivity contribution in [3.63, 3.8) is 0 Å². The van der Waals surface area contributed by atoms with Crippen LogP contribution in [-0.2, 0) is 0 Å². The van der Waals surface area contributed by atoms with Crippen LogP contribution >= 0.6 is 15.9 Å². The Morgan fingerprint density at radius 3 is 3.05 bits per heavy atom. The zero-order valence-corrected chi connectivity index (χ0v) is 12.5. The molecule has 2 rings (SSSR count). The molecule has 2 N–H and O–H groups in total. The molecule has 1 aromatic rings. The minimum Gasteiger partial charge on any atom is -0.395 e. The third kappa shape index (κ3) is 3.65. The monoisotopic (exact) mass is 344 g/mol. The molecule has 1 fully saturated rings. The molecule has 0 amide bonds. The molecule has 1 aliphatic rings. The first-order valence-electron chi connectivity index (χ1n) is 6.51. The van der Waals surface area contributed by atoms with Crippen LogP contribution in [0.4, 0.5) is 11.5 Å². The Hall–Kier alpha value is -1.25. The second-order valence-corrected chi connectivity index (χ2v) is 5.63. The van der Waals surface area contributed by atoms with Gasteiger partial charge in [0.05, 0.1) is 11.5 Å². The van der Waals surface area contributed by atoms with Gasteiger partial charge in [0.1, 0.15) is 0 Å². The van der Waals surface area contributed by atoms with Gasteiger partial charge in [0, 0.05) is 35.9 Å². The van der Waals surface area contributed by atoms with E-state index < -0.39 is 4.92 Å². The number of rotatable bonds is 6. The van der Waals surface area contributed by atoms with E-state index in [1.165, 1.54) is 12.3 Å². The zero-order valence-electron chi connectivity index (χ0n) is 11.0. The Morgan fingerprint density at radius 2 is 2.45 bits per heavy atom. The summed E-state index contributed by atoms with van der Waals surface area (Å²) in [5.74, 6) is 0.306. The number of aliphatic hydroxyl groups excluding tert-OH is 1. The minimum atomic E-state index is -0.445. The summed E-state index contributed by atoms with van der Waals surface area (Å²) in [7, 11) is 0. The van der Waals surface area contributed by atoms with Gasteiger partial charge in [-0.05, 0) is 35.3 Å². The first-order chi connectivity index (χ1) is 9.61. The fourth-order valence-corrected chi connectivity index (χ4v) is 2.70. The van der Waals surface area contributed by atoms with Gasteiger partial charge in [-0.25, -0.2) is 4.98 Å². The topological polar surface area (TPSA) is 91.5 Å². The second-order valence-electron chi connectivity index (χ2n) is 4.72. The lowest BCUT2D eigenvalue weighted by Crippen LogP contribution is -2.39. The van der Waals surface area contributed by atoms with Gasteiger partial charge in [-0.3, -0.25) is 10.1 Å². The van der Waals surface area contributed by atoms with E-state index in [1.54, 1.807) is 4.90 Å². The maximum absolute atomic E-state index is 11.2. The van der Waals surface area contributed by atoms with Crippen molar-refractivity contribution in [1.29, 1.82) is 0 Å². The lowest BCUT2D eigenvalue weighted by molar-refractivity contribution is -0.384. The van der Waals surface area contributed by atoms with E-state index in [1.807, 2.05) is 0 Å². The standard InChI is InChI=1S/C12H17BrN4O3/c13-9-6-11(17(19)20)12(15-7-9)16(4-5-18)8-10-2-1-3-14-10/h6-7,10,14,18H,1-5,8H2. The summed E-state index contributed by atoms with van der Waals surface area (Å²) in [5, 5.41) is 23.7. The molecule has 2 heterocycles. The SMILES string of the molecule is O=[N+]([O-])c1cc(Br)cnc1N(CCO)CC1CCCN1. The number of aromatic nitrogens is 1. The maximum atomic E-state index is 11.2. The summed E-state index contributed by atoms with van der Waals surface area (Å²) in [6, 6.07) is 1.72. The number of anilines is 1. The molecule has 7 nitrogen and oxygen atoms in total. The lowest BCUT2D eigenvalue weighted by atomic mass is 10.2. The van der Waals surface area contributed by atoms with Gasteiger partial charge in [0.25, 0.3) is 0 Å². The second kappa shape index (κ2) is 6.96. The molecule has 0 aromatic carbocycles. The highest BCUT2D eigenvalue weighted by atomic mass is 79.9. The molecule has 0 bridgehead atoms. The quantitative estimate of drug-likeness (QED) is 0.597. The average Bonchev–Trinajstić information content (AvgIpc) is 2.91. The summed E-state index contributed by atoms with van der Waals surface area (Å²) in [6.45, 7) is 1.83. The molecule has 0 radical (unpaired) electrons. The number of nitro groups is 1. The van der Waals surface area contributed by atoms with Crippen molar-refractivity contribution in [1.82, 2.24) is 10.3 Å². The highest BCUT2D eigenvalue weighted by molar-refractivity contribution is 9.10. The van der Waals surface area contributed by atoms with Crippen LogP contribution in [0.25, 0.3) is 0 Å². The van der Waals surface area contributed by atoms with Crippen molar-refractivity contribution >= 4 is 27.4 Å². The summed E-state index contributed by atoms with van der Waals surface area (Å²) in [4.78, 5) is 16.6. The number of halogens is 1. The largest absolute Gasteiger partial charge is 0.395 e. The highest BCUT2D eigenvalue weighted by Crippen LogP contribution is 2.29. The van der Waals surface area contributed by atoms with Crippen molar-refractivity contribution in [2.75, 3.05) is 31.1 Å². The molecule has 20 heavy (non-hydrogen) atoms. The van der Waals surface area contributed by atoms with E-state index in [0.717, 1.165) is 19.4 Å². The number of nitrogens with one attached hydrogen (secondary N) is 1. The summed E-state index contributed by atoms with van der Waals surface area (Å²) >= 11 is 3.19. The summed E-state index contributed by atoms with van der Waals surface area (Å²) < 4.78 is 0.566. The molecule has 110 valence electrons. The van der Waals surface area contributed by atoms with Crippen LogP contribution in [0.2, 0.25) is 0 Å². The van der Waals surface area contributed by atoms with Gasteiger partial charge in [0.15, 0.2) is 0 Å². The van der Waals surface area contributed by atoms with Crippen LogP contribution < -0.4 is 10.2 Å². The number of pyridine rings is 1. The van der Waals surface area contributed by atoms with Crippen molar-refractivity contribution < 1.29 is 10.0 Å². The fraction of sp³-hybridized carbons (Fsp3) is 0.583. The van der Waals surface area contributed by atoms with Crippen molar-refractivity contribution in [3.8, 4) is 0 Å². The molecule has 1 atom stereocenters. The van der Waals surface area contributed by atoms with Gasteiger partial charge >= 0.3 is 5.69 Å². The molecule has 1 aliphatic heterocycles. The molecule has 1 saturated heterocycles. The van der Waals surface area contributed by atoms with Gasteiger partial charge in [-0.15, -0.1) is 0 Å². The Labute approximate surface area is 125 Å². The van der Waals surface area contributed by atoms with E-state index in [0.29, 0.717) is 23.4 Å². The van der Waals surface area contributed by atoms with E-state index in [2.05, 4.69) is 26.2 Å². The third-order valence-corrected chi connectivity index (χ3v) is 3.72. The van der Waals surface area contributed by atoms with E-state index >= 15 is 0 Å². The smallest absolute Gasteiger partial charge is 0.312 e. The summed E-state index contributed by atoms with van der Waals surface area (Å²) in [6.07, 6.45) is 3.68. The Balaban J connectivity index is 2.25. The Bertz CT molecular complexity index is 480. The Morgan fingerprint density at radius 1 is 1.65 bits per heavy atom. The van der Waals surface area contributed by atoms with Crippen LogP contribution in [0.3, 0.4) is 0 Å². The van der Waals surface area contributed by atoms with Gasteiger partial charge in [-0.1, -0.05) is 0 Å². The number of aliphatic hydroxyl groups is 1. The molecule has 0 saturated carbocycles. The molecule has 8 heteroatoms. The van der Waals surface area contributed by atoms with Gasteiger partial charge in [0.2, 0.25) is 5.82 Å². The van der Waals surface area contributed by atoms with E-state index in [-0.39, 0.29) is 18.3 Å². The molecule has 1 aromatic heterocycles. The number of nitrogens with zero attached hydrogens (tertiary/aromatic N) is 3. The predicted octanol–water partition coefficient (Wildman–Crippen LogP) is 1.30. The number of hydrogen-bond acceptors (Lipinski definition) is 6. The van der Waals surface area contributed by atoms with Crippen LogP contribution in [-0.4, -0.2) is 47.3 Å². The molecular formula is C12H17BrN4O3. The Kier molecular flexibility index (Phi) is 5.27. The fourth-order valence-electron chi connectivity index (χ4n) is 2.38. The van der Waals surface area contributed by atoms with Gasteiger partial charge in [-0.2, -0.15) is 0 Å². The third-order valence-electron chi connectivity index (χ3n) is 3.28. The minimum absolute atomic E-state index is 0.0502. The van der Waals surface area contributed by atoms with Crippen molar-refractivity contribution in [2.45, 2.75) is 18.9 Å². The van der Waals surface area contributed by atoms with Crippen LogP contribution in [0.1, 0.15) is 12.8 Å². The molecule has 0 aliphatic carbocycles.